The first-order chi connectivity index (χ1) is 20.9. The Bertz CT molecular complexity index is 1660. The molecule has 5 aromatic rings. The topological polar surface area (TPSA) is 91.4 Å². The van der Waals surface area contributed by atoms with E-state index in [1.807, 2.05) is 90.6 Å². The van der Waals surface area contributed by atoms with Gasteiger partial charge in [0.2, 0.25) is 0 Å². The third-order valence-electron chi connectivity index (χ3n) is 7.12. The molecule has 0 saturated heterocycles. The maximum absolute atomic E-state index is 13.2. The number of nitrogens with one attached hydrogen (secondary N) is 1. The van der Waals surface area contributed by atoms with Crippen LogP contribution in [0.25, 0.3) is 22.5 Å². The standard InChI is InChI=1S/C35H38N4O4/c1-6-36-35(40)33-32(27-19-37-39(20-27)24(4)5)34(43-38-33)29-17-28(23(2)3)30(41-21-25-13-9-7-10-14-25)18-31(29)42-22-26-15-11-8-12-16-26/h7-20,23-24H,6,21-22H2,1-5H3,(H,36,40). The lowest BCUT2D eigenvalue weighted by atomic mass is 9.95. The zero-order valence-corrected chi connectivity index (χ0v) is 25.3. The fraction of sp³-hybridized carbons (Fsp3) is 0.286. The molecule has 0 unspecified atom stereocenters. The second-order valence-corrected chi connectivity index (χ2v) is 11.0. The molecule has 43 heavy (non-hydrogen) atoms. The summed E-state index contributed by atoms with van der Waals surface area (Å²) in [6, 6.07) is 24.1. The van der Waals surface area contributed by atoms with Crippen molar-refractivity contribution in [3.8, 4) is 33.9 Å². The molecule has 1 amide bonds. The number of hydrogen-bond acceptors (Lipinski definition) is 6. The number of ether oxygens (including phenoxy) is 2. The van der Waals surface area contributed by atoms with E-state index in [2.05, 4.69) is 43.3 Å². The van der Waals surface area contributed by atoms with Crippen molar-refractivity contribution in [2.24, 2.45) is 0 Å². The van der Waals surface area contributed by atoms with E-state index in [1.54, 1.807) is 6.20 Å². The Hall–Kier alpha value is -4.85. The molecule has 222 valence electrons. The quantitative estimate of drug-likeness (QED) is 0.162. The predicted octanol–water partition coefficient (Wildman–Crippen LogP) is 7.82. The van der Waals surface area contributed by atoms with Gasteiger partial charge in [-0.3, -0.25) is 9.48 Å². The summed E-state index contributed by atoms with van der Waals surface area (Å²) >= 11 is 0. The van der Waals surface area contributed by atoms with E-state index in [0.717, 1.165) is 28.0 Å². The van der Waals surface area contributed by atoms with Gasteiger partial charge in [0.15, 0.2) is 11.5 Å². The normalized spacial score (nSPS) is 11.2. The summed E-state index contributed by atoms with van der Waals surface area (Å²) in [5.41, 5.74) is 5.25. The number of aromatic nitrogens is 3. The molecule has 0 fully saturated rings. The molecule has 8 heteroatoms. The fourth-order valence-electron chi connectivity index (χ4n) is 4.81. The lowest BCUT2D eigenvalue weighted by molar-refractivity contribution is 0.0947. The lowest BCUT2D eigenvalue weighted by Gasteiger charge is -2.19. The van der Waals surface area contributed by atoms with Gasteiger partial charge >= 0.3 is 0 Å². The van der Waals surface area contributed by atoms with Gasteiger partial charge in [-0.2, -0.15) is 5.10 Å². The highest BCUT2D eigenvalue weighted by Crippen LogP contribution is 2.44. The smallest absolute Gasteiger partial charge is 0.274 e. The van der Waals surface area contributed by atoms with Gasteiger partial charge in [0.05, 0.1) is 17.3 Å². The zero-order chi connectivity index (χ0) is 30.3. The highest BCUT2D eigenvalue weighted by molar-refractivity contribution is 6.02. The van der Waals surface area contributed by atoms with E-state index in [4.69, 9.17) is 14.0 Å². The fourth-order valence-corrected chi connectivity index (χ4v) is 4.81. The molecular formula is C35H38N4O4. The Balaban J connectivity index is 1.65. The highest BCUT2D eigenvalue weighted by Gasteiger charge is 2.29. The molecule has 0 spiro atoms. The van der Waals surface area contributed by atoms with Crippen molar-refractivity contribution >= 4 is 5.91 Å². The van der Waals surface area contributed by atoms with Crippen LogP contribution in [0.5, 0.6) is 11.5 Å². The molecule has 5 rings (SSSR count). The molecule has 0 aliphatic carbocycles. The summed E-state index contributed by atoms with van der Waals surface area (Å²) in [5, 5.41) is 11.7. The van der Waals surface area contributed by atoms with Crippen molar-refractivity contribution in [1.82, 2.24) is 20.3 Å². The van der Waals surface area contributed by atoms with Crippen LogP contribution in [0.3, 0.4) is 0 Å². The van der Waals surface area contributed by atoms with Crippen LogP contribution in [-0.2, 0) is 13.2 Å². The van der Waals surface area contributed by atoms with Crippen LogP contribution in [0.15, 0.2) is 89.7 Å². The Morgan fingerprint density at radius 1 is 0.907 bits per heavy atom. The lowest BCUT2D eigenvalue weighted by Crippen LogP contribution is -2.23. The summed E-state index contributed by atoms with van der Waals surface area (Å²) in [6.07, 6.45) is 3.65. The Morgan fingerprint density at radius 3 is 2.09 bits per heavy atom. The molecule has 0 aliphatic rings. The number of hydrogen-bond donors (Lipinski definition) is 1. The average Bonchev–Trinajstić information content (AvgIpc) is 3.68. The second kappa shape index (κ2) is 13.4. The Morgan fingerprint density at radius 2 is 1.53 bits per heavy atom. The van der Waals surface area contributed by atoms with Crippen LogP contribution in [0, 0.1) is 0 Å². The molecule has 2 heterocycles. The van der Waals surface area contributed by atoms with E-state index in [-0.39, 0.29) is 23.6 Å². The number of carbonyl (C=O) groups is 1. The highest BCUT2D eigenvalue weighted by atomic mass is 16.5. The summed E-state index contributed by atoms with van der Waals surface area (Å²) in [7, 11) is 0. The minimum Gasteiger partial charge on any atom is -0.488 e. The van der Waals surface area contributed by atoms with Crippen LogP contribution >= 0.6 is 0 Å². The van der Waals surface area contributed by atoms with Crippen LogP contribution < -0.4 is 14.8 Å². The van der Waals surface area contributed by atoms with Gasteiger partial charge in [0.25, 0.3) is 5.91 Å². The number of benzene rings is 3. The largest absolute Gasteiger partial charge is 0.488 e. The number of carbonyl (C=O) groups excluding carboxylic acids is 1. The molecule has 0 radical (unpaired) electrons. The summed E-state index contributed by atoms with van der Waals surface area (Å²) in [5.74, 6) is 1.54. The molecule has 3 aromatic carbocycles. The van der Waals surface area contributed by atoms with Crippen molar-refractivity contribution in [2.45, 2.75) is 59.8 Å². The number of nitrogens with zero attached hydrogens (tertiary/aromatic N) is 3. The summed E-state index contributed by atoms with van der Waals surface area (Å²) in [4.78, 5) is 13.2. The maximum atomic E-state index is 13.2. The van der Waals surface area contributed by atoms with Crippen LogP contribution in [-0.4, -0.2) is 27.4 Å². The Labute approximate surface area is 252 Å². The molecule has 1 N–H and O–H groups in total. The first kappa shape index (κ1) is 29.6. The molecule has 2 aromatic heterocycles. The molecule has 0 atom stereocenters. The number of rotatable bonds is 12. The van der Waals surface area contributed by atoms with E-state index >= 15 is 0 Å². The predicted molar refractivity (Wildman–Crippen MR) is 167 cm³/mol. The minimum absolute atomic E-state index is 0.130. The van der Waals surface area contributed by atoms with Gasteiger partial charge in [0, 0.05) is 30.4 Å². The minimum atomic E-state index is -0.316. The maximum Gasteiger partial charge on any atom is 0.274 e. The van der Waals surface area contributed by atoms with Gasteiger partial charge in [-0.25, -0.2) is 0 Å². The van der Waals surface area contributed by atoms with E-state index in [9.17, 15) is 4.79 Å². The van der Waals surface area contributed by atoms with Gasteiger partial charge in [-0.05, 0) is 49.4 Å². The summed E-state index contributed by atoms with van der Waals surface area (Å²) in [6.45, 7) is 11.4. The third kappa shape index (κ3) is 6.80. The first-order valence-electron chi connectivity index (χ1n) is 14.7. The third-order valence-corrected chi connectivity index (χ3v) is 7.12. The number of amides is 1. The van der Waals surface area contributed by atoms with Crippen molar-refractivity contribution < 1.29 is 18.8 Å². The monoisotopic (exact) mass is 578 g/mol. The second-order valence-electron chi connectivity index (χ2n) is 11.0. The molecule has 0 saturated carbocycles. The van der Waals surface area contributed by atoms with Crippen molar-refractivity contribution in [3.05, 3.63) is 108 Å². The van der Waals surface area contributed by atoms with Crippen LogP contribution in [0.2, 0.25) is 0 Å². The van der Waals surface area contributed by atoms with Gasteiger partial charge in [0.1, 0.15) is 24.7 Å². The van der Waals surface area contributed by atoms with Crippen LogP contribution in [0.1, 0.15) is 73.8 Å². The SMILES string of the molecule is CCNC(=O)c1noc(-c2cc(C(C)C)c(OCc3ccccc3)cc2OCc2ccccc2)c1-c1cnn(C(C)C)c1. The van der Waals surface area contributed by atoms with Crippen LogP contribution in [0.4, 0.5) is 0 Å². The zero-order valence-electron chi connectivity index (χ0n) is 25.3. The van der Waals surface area contributed by atoms with Crippen molar-refractivity contribution in [2.75, 3.05) is 6.54 Å². The van der Waals surface area contributed by atoms with Gasteiger partial charge in [-0.15, -0.1) is 0 Å². The van der Waals surface area contributed by atoms with Crippen molar-refractivity contribution in [3.63, 3.8) is 0 Å². The van der Waals surface area contributed by atoms with Gasteiger partial charge in [-0.1, -0.05) is 79.7 Å². The van der Waals surface area contributed by atoms with Crippen molar-refractivity contribution in [1.29, 1.82) is 0 Å². The summed E-state index contributed by atoms with van der Waals surface area (Å²) < 4.78 is 20.7. The molecular weight excluding hydrogens is 540 g/mol. The molecule has 8 nitrogen and oxygen atoms in total. The molecule has 0 aliphatic heterocycles. The average molecular weight is 579 g/mol. The molecule has 0 bridgehead atoms. The first-order valence-corrected chi connectivity index (χ1v) is 14.7. The van der Waals surface area contributed by atoms with Gasteiger partial charge < -0.3 is 19.3 Å². The Kier molecular flexibility index (Phi) is 9.25. The van der Waals surface area contributed by atoms with E-state index < -0.39 is 0 Å². The van der Waals surface area contributed by atoms with E-state index in [0.29, 0.717) is 42.4 Å². The van der Waals surface area contributed by atoms with E-state index in [1.165, 1.54) is 0 Å².